The van der Waals surface area contributed by atoms with Gasteiger partial charge in [-0.2, -0.15) is 0 Å². The summed E-state index contributed by atoms with van der Waals surface area (Å²) in [5.74, 6) is -0.817. The van der Waals surface area contributed by atoms with Crippen LogP contribution in [0.5, 0.6) is 0 Å². The number of hydrogen-bond donors (Lipinski definition) is 0. The van der Waals surface area contributed by atoms with Crippen LogP contribution in [-0.2, 0) is 14.8 Å². The number of anilines is 1. The Bertz CT molecular complexity index is 941. The second kappa shape index (κ2) is 9.63. The number of benzene rings is 2. The number of carbonyl (C=O) groups is 1. The molecule has 0 saturated carbocycles. The molecule has 0 spiro atoms. The third-order valence-electron chi connectivity index (χ3n) is 4.98. The molecule has 1 aliphatic heterocycles. The van der Waals surface area contributed by atoms with Crippen molar-refractivity contribution in [3.63, 3.8) is 0 Å². The zero-order chi connectivity index (χ0) is 20.9. The highest BCUT2D eigenvalue weighted by atomic mass is 32.2. The number of hydrogen-bond acceptors (Lipinski definition) is 4. The first-order valence-electron chi connectivity index (χ1n) is 9.62. The summed E-state index contributed by atoms with van der Waals surface area (Å²) < 4.78 is 41.6. The summed E-state index contributed by atoms with van der Waals surface area (Å²) >= 11 is 1.51. The Hall–Kier alpha value is -2.06. The SMILES string of the molecule is CSc1ccc(S(=O)(=O)N(CC(=O)N2CCCCCC2)c2cccc(F)c2)cc1. The predicted octanol–water partition coefficient (Wildman–Crippen LogP) is 4.15. The van der Waals surface area contributed by atoms with Crippen LogP contribution in [0.1, 0.15) is 25.7 Å². The Kier molecular flexibility index (Phi) is 7.18. The molecule has 1 amide bonds. The second-order valence-electron chi connectivity index (χ2n) is 6.96. The first kappa shape index (κ1) is 21.6. The molecule has 8 heteroatoms. The first-order valence-corrected chi connectivity index (χ1v) is 12.3. The molecule has 0 radical (unpaired) electrons. The van der Waals surface area contributed by atoms with Crippen molar-refractivity contribution in [2.45, 2.75) is 35.5 Å². The van der Waals surface area contributed by atoms with Crippen LogP contribution in [0, 0.1) is 5.82 Å². The maximum Gasteiger partial charge on any atom is 0.264 e. The van der Waals surface area contributed by atoms with Crippen molar-refractivity contribution in [3.05, 3.63) is 54.3 Å². The van der Waals surface area contributed by atoms with Crippen molar-refractivity contribution in [3.8, 4) is 0 Å². The lowest BCUT2D eigenvalue weighted by atomic mass is 10.2. The average Bonchev–Trinajstić information content (AvgIpc) is 3.01. The Labute approximate surface area is 175 Å². The van der Waals surface area contributed by atoms with Gasteiger partial charge in [-0.1, -0.05) is 18.9 Å². The van der Waals surface area contributed by atoms with Crippen LogP contribution in [0.4, 0.5) is 10.1 Å². The minimum Gasteiger partial charge on any atom is -0.341 e. The lowest BCUT2D eigenvalue weighted by Gasteiger charge is -2.28. The molecule has 2 aromatic carbocycles. The minimum atomic E-state index is -4.03. The summed E-state index contributed by atoms with van der Waals surface area (Å²) in [7, 11) is -4.03. The first-order chi connectivity index (χ1) is 13.9. The lowest BCUT2D eigenvalue weighted by molar-refractivity contribution is -0.129. The van der Waals surface area contributed by atoms with Crippen LogP contribution in [-0.4, -0.2) is 45.1 Å². The molecule has 0 aromatic heterocycles. The van der Waals surface area contributed by atoms with E-state index in [-0.39, 0.29) is 23.0 Å². The van der Waals surface area contributed by atoms with Gasteiger partial charge in [0.1, 0.15) is 12.4 Å². The quantitative estimate of drug-likeness (QED) is 0.639. The van der Waals surface area contributed by atoms with Gasteiger partial charge in [0, 0.05) is 18.0 Å². The Balaban J connectivity index is 1.94. The summed E-state index contributed by atoms with van der Waals surface area (Å²) in [5, 5.41) is 0. The van der Waals surface area contributed by atoms with E-state index in [9.17, 15) is 17.6 Å². The van der Waals surface area contributed by atoms with Crippen molar-refractivity contribution < 1.29 is 17.6 Å². The molecule has 1 saturated heterocycles. The highest BCUT2D eigenvalue weighted by Crippen LogP contribution is 2.26. The topological polar surface area (TPSA) is 57.7 Å². The number of likely N-dealkylation sites (tertiary alicyclic amines) is 1. The van der Waals surface area contributed by atoms with Crippen LogP contribution in [0.2, 0.25) is 0 Å². The van der Waals surface area contributed by atoms with Crippen molar-refractivity contribution in [2.24, 2.45) is 0 Å². The van der Waals surface area contributed by atoms with E-state index in [4.69, 9.17) is 0 Å². The Morgan fingerprint density at radius 3 is 2.31 bits per heavy atom. The maximum atomic E-state index is 13.8. The van der Waals surface area contributed by atoms with E-state index in [0.29, 0.717) is 13.1 Å². The normalized spacial score (nSPS) is 15.0. The molecule has 0 aliphatic carbocycles. The van der Waals surface area contributed by atoms with Gasteiger partial charge < -0.3 is 4.90 Å². The number of sulfonamides is 1. The fourth-order valence-corrected chi connectivity index (χ4v) is 5.18. The van der Waals surface area contributed by atoms with E-state index in [1.165, 1.54) is 42.1 Å². The molecule has 1 heterocycles. The second-order valence-corrected chi connectivity index (χ2v) is 9.70. The average molecular weight is 437 g/mol. The number of halogens is 1. The van der Waals surface area contributed by atoms with Gasteiger partial charge in [-0.15, -0.1) is 11.8 Å². The largest absolute Gasteiger partial charge is 0.341 e. The van der Waals surface area contributed by atoms with E-state index in [1.807, 2.05) is 6.26 Å². The van der Waals surface area contributed by atoms with Gasteiger partial charge in [0.25, 0.3) is 10.0 Å². The molecule has 5 nitrogen and oxygen atoms in total. The standard InChI is InChI=1S/C21H25FN2O3S2/c1-28-19-9-11-20(12-10-19)29(26,27)24(18-8-6-7-17(22)15-18)16-21(25)23-13-4-2-3-5-14-23/h6-12,15H,2-5,13-14,16H2,1H3. The Morgan fingerprint density at radius 1 is 1.07 bits per heavy atom. The molecular formula is C21H25FN2O3S2. The highest BCUT2D eigenvalue weighted by Gasteiger charge is 2.29. The summed E-state index contributed by atoms with van der Waals surface area (Å²) in [4.78, 5) is 15.6. The summed E-state index contributed by atoms with van der Waals surface area (Å²) in [5.41, 5.74) is 0.141. The molecule has 3 rings (SSSR count). The zero-order valence-corrected chi connectivity index (χ0v) is 18.0. The number of thioether (sulfide) groups is 1. The van der Waals surface area contributed by atoms with Gasteiger partial charge >= 0.3 is 0 Å². The molecule has 156 valence electrons. The third-order valence-corrected chi connectivity index (χ3v) is 7.51. The fourth-order valence-electron chi connectivity index (χ4n) is 3.36. The molecule has 0 bridgehead atoms. The van der Waals surface area contributed by atoms with E-state index in [0.717, 1.165) is 41.0 Å². The van der Waals surface area contributed by atoms with Gasteiger partial charge in [-0.05, 0) is 61.6 Å². The van der Waals surface area contributed by atoms with Crippen LogP contribution in [0.3, 0.4) is 0 Å². The minimum absolute atomic E-state index is 0.0724. The molecule has 0 unspecified atom stereocenters. The molecular weight excluding hydrogens is 411 g/mol. The fraction of sp³-hybridized carbons (Fsp3) is 0.381. The van der Waals surface area contributed by atoms with Crippen LogP contribution in [0.15, 0.2) is 58.3 Å². The molecule has 2 aromatic rings. The van der Waals surface area contributed by atoms with Gasteiger partial charge in [0.2, 0.25) is 5.91 Å². The Morgan fingerprint density at radius 2 is 1.72 bits per heavy atom. The van der Waals surface area contributed by atoms with E-state index >= 15 is 0 Å². The molecule has 1 aliphatic rings. The van der Waals surface area contributed by atoms with E-state index < -0.39 is 15.8 Å². The highest BCUT2D eigenvalue weighted by molar-refractivity contribution is 7.98. The van der Waals surface area contributed by atoms with Crippen LogP contribution in [0.25, 0.3) is 0 Å². The zero-order valence-electron chi connectivity index (χ0n) is 16.4. The lowest BCUT2D eigenvalue weighted by Crippen LogP contribution is -2.43. The number of carbonyl (C=O) groups excluding carboxylic acids is 1. The van der Waals surface area contributed by atoms with E-state index in [1.54, 1.807) is 17.0 Å². The molecule has 1 fully saturated rings. The van der Waals surface area contributed by atoms with Gasteiger partial charge in [0.05, 0.1) is 10.6 Å². The monoisotopic (exact) mass is 436 g/mol. The number of nitrogens with zero attached hydrogens (tertiary/aromatic N) is 2. The summed E-state index contributed by atoms with van der Waals surface area (Å²) in [6.45, 7) is 0.895. The smallest absolute Gasteiger partial charge is 0.264 e. The number of rotatable bonds is 6. The van der Waals surface area contributed by atoms with Crippen molar-refractivity contribution in [1.82, 2.24) is 4.90 Å². The van der Waals surface area contributed by atoms with Gasteiger partial charge in [-0.25, -0.2) is 12.8 Å². The predicted molar refractivity (Wildman–Crippen MR) is 114 cm³/mol. The molecule has 0 atom stereocenters. The maximum absolute atomic E-state index is 13.8. The van der Waals surface area contributed by atoms with Gasteiger partial charge in [-0.3, -0.25) is 9.10 Å². The van der Waals surface area contributed by atoms with Crippen molar-refractivity contribution in [2.75, 3.05) is 30.2 Å². The summed E-state index contributed by atoms with van der Waals surface area (Å²) in [6.07, 6.45) is 5.86. The van der Waals surface area contributed by atoms with Crippen LogP contribution < -0.4 is 4.31 Å². The van der Waals surface area contributed by atoms with Gasteiger partial charge in [0.15, 0.2) is 0 Å². The third kappa shape index (κ3) is 5.30. The van der Waals surface area contributed by atoms with Crippen LogP contribution >= 0.6 is 11.8 Å². The number of amides is 1. The van der Waals surface area contributed by atoms with Crippen molar-refractivity contribution in [1.29, 1.82) is 0 Å². The molecule has 0 N–H and O–H groups in total. The summed E-state index contributed by atoms with van der Waals surface area (Å²) in [6, 6.07) is 11.8. The van der Waals surface area contributed by atoms with Crippen molar-refractivity contribution >= 4 is 33.4 Å². The molecule has 29 heavy (non-hydrogen) atoms. The van der Waals surface area contributed by atoms with E-state index in [2.05, 4.69) is 0 Å².